The van der Waals surface area contributed by atoms with Crippen LogP contribution < -0.4 is 10.5 Å². The van der Waals surface area contributed by atoms with Crippen LogP contribution in [0.1, 0.15) is 0 Å². The van der Waals surface area contributed by atoms with Gasteiger partial charge in [-0.3, -0.25) is 9.71 Å². The average Bonchev–Trinajstić information content (AvgIpc) is 2.36. The Morgan fingerprint density at radius 1 is 1.40 bits per heavy atom. The van der Waals surface area contributed by atoms with E-state index in [1.807, 2.05) is 0 Å². The van der Waals surface area contributed by atoms with E-state index in [9.17, 15) is 12.8 Å². The Hall–Kier alpha value is -1.38. The van der Waals surface area contributed by atoms with Crippen LogP contribution in [0, 0.1) is 5.82 Å². The van der Waals surface area contributed by atoms with Crippen molar-refractivity contribution in [1.29, 1.82) is 0 Å². The number of nitrogens with two attached hydrogens (primary N) is 1. The molecule has 0 radical (unpaired) electrons. The van der Waals surface area contributed by atoms with Crippen LogP contribution >= 0.6 is 27.5 Å². The first kappa shape index (κ1) is 15.0. The van der Waals surface area contributed by atoms with E-state index in [-0.39, 0.29) is 16.4 Å². The van der Waals surface area contributed by atoms with Crippen LogP contribution in [0.4, 0.5) is 15.8 Å². The summed E-state index contributed by atoms with van der Waals surface area (Å²) in [7, 11) is -4.16. The smallest absolute Gasteiger partial charge is 0.264 e. The highest BCUT2D eigenvalue weighted by Gasteiger charge is 2.22. The maximum atomic E-state index is 13.8. The zero-order valence-corrected chi connectivity index (χ0v) is 12.9. The van der Waals surface area contributed by atoms with E-state index in [0.717, 1.165) is 12.1 Å². The maximum Gasteiger partial charge on any atom is 0.264 e. The summed E-state index contributed by atoms with van der Waals surface area (Å²) in [4.78, 5) is 3.18. The summed E-state index contributed by atoms with van der Waals surface area (Å²) < 4.78 is 40.8. The third kappa shape index (κ3) is 3.02. The fraction of sp³-hybridized carbons (Fsp3) is 0. The monoisotopic (exact) mass is 379 g/mol. The third-order valence-corrected chi connectivity index (χ3v) is 4.60. The molecule has 9 heteroatoms. The zero-order valence-electron chi connectivity index (χ0n) is 9.77. The largest absolute Gasteiger partial charge is 0.399 e. The van der Waals surface area contributed by atoms with Crippen molar-refractivity contribution in [2.45, 2.75) is 4.90 Å². The fourth-order valence-electron chi connectivity index (χ4n) is 1.44. The van der Waals surface area contributed by atoms with E-state index in [1.54, 1.807) is 0 Å². The first-order valence-corrected chi connectivity index (χ1v) is 7.83. The molecule has 0 unspecified atom stereocenters. The van der Waals surface area contributed by atoms with Crippen LogP contribution in [0.25, 0.3) is 0 Å². The number of nitrogen functional groups attached to an aromatic ring is 1. The Labute approximate surface area is 128 Å². The van der Waals surface area contributed by atoms with Crippen molar-refractivity contribution >= 4 is 48.9 Å². The SMILES string of the molecule is Nc1cc(Cl)c(F)c(S(=O)(=O)Nc2ccncc2Br)c1. The molecule has 0 saturated heterocycles. The van der Waals surface area contributed by atoms with Gasteiger partial charge in [-0.2, -0.15) is 0 Å². The molecule has 20 heavy (non-hydrogen) atoms. The molecule has 0 aliphatic rings. The molecule has 0 bridgehead atoms. The highest BCUT2D eigenvalue weighted by molar-refractivity contribution is 9.10. The number of benzene rings is 1. The molecule has 2 rings (SSSR count). The van der Waals surface area contributed by atoms with Crippen LogP contribution in [0.15, 0.2) is 40.0 Å². The molecule has 0 amide bonds. The number of sulfonamides is 1. The Kier molecular flexibility index (Phi) is 4.17. The number of nitrogens with one attached hydrogen (secondary N) is 1. The summed E-state index contributed by atoms with van der Waals surface area (Å²) in [6.07, 6.45) is 2.80. The van der Waals surface area contributed by atoms with E-state index in [1.165, 1.54) is 18.5 Å². The molecule has 106 valence electrons. The van der Waals surface area contributed by atoms with Crippen molar-refractivity contribution in [1.82, 2.24) is 4.98 Å². The lowest BCUT2D eigenvalue weighted by Crippen LogP contribution is -2.15. The molecular weight excluding hydrogens is 373 g/mol. The predicted molar refractivity (Wildman–Crippen MR) is 78.6 cm³/mol. The van der Waals surface area contributed by atoms with Gasteiger partial charge in [-0.25, -0.2) is 12.8 Å². The lowest BCUT2D eigenvalue weighted by atomic mass is 10.3. The van der Waals surface area contributed by atoms with Gasteiger partial charge in [-0.05, 0) is 34.1 Å². The number of aromatic nitrogens is 1. The van der Waals surface area contributed by atoms with Gasteiger partial charge in [0.25, 0.3) is 10.0 Å². The number of nitrogens with zero attached hydrogens (tertiary/aromatic N) is 1. The molecular formula is C11H8BrClFN3O2S. The van der Waals surface area contributed by atoms with Gasteiger partial charge >= 0.3 is 0 Å². The average molecular weight is 381 g/mol. The minimum absolute atomic E-state index is 0.0468. The lowest BCUT2D eigenvalue weighted by molar-refractivity contribution is 0.571. The zero-order chi connectivity index (χ0) is 14.9. The lowest BCUT2D eigenvalue weighted by Gasteiger charge is -2.11. The summed E-state index contributed by atoms with van der Waals surface area (Å²) in [5.41, 5.74) is 5.75. The quantitative estimate of drug-likeness (QED) is 0.802. The van der Waals surface area contributed by atoms with Gasteiger partial charge in [0.05, 0.1) is 15.2 Å². The van der Waals surface area contributed by atoms with Gasteiger partial charge in [-0.1, -0.05) is 11.6 Å². The molecule has 1 heterocycles. The molecule has 0 atom stereocenters. The molecule has 5 nitrogen and oxygen atoms in total. The van der Waals surface area contributed by atoms with Crippen molar-refractivity contribution in [3.63, 3.8) is 0 Å². The van der Waals surface area contributed by atoms with Crippen LogP contribution in [-0.4, -0.2) is 13.4 Å². The van der Waals surface area contributed by atoms with Gasteiger partial charge in [0.1, 0.15) is 4.90 Å². The number of anilines is 2. The van der Waals surface area contributed by atoms with Crippen molar-refractivity contribution in [2.75, 3.05) is 10.5 Å². The highest BCUT2D eigenvalue weighted by atomic mass is 79.9. The van der Waals surface area contributed by atoms with Crippen molar-refractivity contribution in [3.8, 4) is 0 Å². The van der Waals surface area contributed by atoms with E-state index in [0.29, 0.717) is 4.47 Å². The molecule has 1 aromatic carbocycles. The molecule has 1 aromatic heterocycles. The summed E-state index contributed by atoms with van der Waals surface area (Å²) in [6, 6.07) is 3.56. The van der Waals surface area contributed by atoms with Crippen molar-refractivity contribution < 1.29 is 12.8 Å². The molecule has 2 aromatic rings. The molecule has 0 aliphatic carbocycles. The maximum absolute atomic E-state index is 13.8. The summed E-state index contributed by atoms with van der Waals surface area (Å²) in [5.74, 6) is -1.06. The van der Waals surface area contributed by atoms with Crippen molar-refractivity contribution in [2.24, 2.45) is 0 Å². The van der Waals surface area contributed by atoms with Crippen LogP contribution in [0.3, 0.4) is 0 Å². The Balaban J connectivity index is 2.49. The topological polar surface area (TPSA) is 85.1 Å². The van der Waals surface area contributed by atoms with Crippen LogP contribution in [-0.2, 0) is 10.0 Å². The molecule has 0 saturated carbocycles. The number of halogens is 3. The Bertz CT molecular complexity index is 770. The van der Waals surface area contributed by atoms with E-state index in [4.69, 9.17) is 17.3 Å². The first-order valence-electron chi connectivity index (χ1n) is 5.18. The highest BCUT2D eigenvalue weighted by Crippen LogP contribution is 2.29. The van der Waals surface area contributed by atoms with Crippen LogP contribution in [0.2, 0.25) is 5.02 Å². The predicted octanol–water partition coefficient (Wildman–Crippen LogP) is 3.02. The van der Waals surface area contributed by atoms with Crippen molar-refractivity contribution in [3.05, 3.63) is 45.9 Å². The van der Waals surface area contributed by atoms with Gasteiger partial charge < -0.3 is 5.73 Å². The summed E-state index contributed by atoms with van der Waals surface area (Å²) >= 11 is 8.73. The second-order valence-corrected chi connectivity index (χ2v) is 6.69. The molecule has 0 aliphatic heterocycles. The first-order chi connectivity index (χ1) is 9.31. The van der Waals surface area contributed by atoms with Gasteiger partial charge in [0, 0.05) is 18.1 Å². The number of pyridine rings is 1. The fourth-order valence-corrected chi connectivity index (χ4v) is 3.42. The summed E-state index contributed by atoms with van der Waals surface area (Å²) in [6.45, 7) is 0. The molecule has 0 spiro atoms. The Morgan fingerprint density at radius 2 is 2.10 bits per heavy atom. The normalized spacial score (nSPS) is 11.3. The van der Waals surface area contributed by atoms with Gasteiger partial charge in [0.2, 0.25) is 0 Å². The molecule has 0 fully saturated rings. The van der Waals surface area contributed by atoms with E-state index < -0.39 is 20.7 Å². The Morgan fingerprint density at radius 3 is 2.75 bits per heavy atom. The summed E-state index contributed by atoms with van der Waals surface area (Å²) in [5, 5.41) is -0.362. The third-order valence-electron chi connectivity index (χ3n) is 2.32. The van der Waals surface area contributed by atoms with E-state index in [2.05, 4.69) is 25.6 Å². The van der Waals surface area contributed by atoms with Gasteiger partial charge in [-0.15, -0.1) is 0 Å². The number of hydrogen-bond acceptors (Lipinski definition) is 4. The van der Waals surface area contributed by atoms with E-state index >= 15 is 0 Å². The second-order valence-electron chi connectivity index (χ2n) is 3.78. The van der Waals surface area contributed by atoms with Gasteiger partial charge in [0.15, 0.2) is 5.82 Å². The minimum Gasteiger partial charge on any atom is -0.399 e. The van der Waals surface area contributed by atoms with Crippen LogP contribution in [0.5, 0.6) is 0 Å². The standard InChI is InChI=1S/C11H8BrClFN3O2S/c12-7-5-16-2-1-9(7)17-20(18,19)10-4-6(15)3-8(13)11(10)14/h1-5H,15H2,(H,16,17). The number of rotatable bonds is 3. The molecule has 3 N–H and O–H groups in total. The minimum atomic E-state index is -4.16. The second kappa shape index (κ2) is 5.55. The number of hydrogen-bond donors (Lipinski definition) is 2.